The first-order valence-electron chi connectivity index (χ1n) is 9.60. The second kappa shape index (κ2) is 10.0. The van der Waals surface area contributed by atoms with E-state index in [1.165, 1.54) is 36.4 Å². The highest BCUT2D eigenvalue weighted by molar-refractivity contribution is 7.89. The SMILES string of the molecule is C[C@@H](NC(=O)CN(Cc1ccccc1)S(=O)(=O)c1ccc(Cl)cc1)c1ccc(F)cc1. The first-order chi connectivity index (χ1) is 14.8. The Morgan fingerprint density at radius 2 is 1.61 bits per heavy atom. The molecule has 0 aliphatic rings. The number of nitrogens with zero attached hydrogens (tertiary/aromatic N) is 1. The molecule has 1 amide bonds. The minimum absolute atomic E-state index is 0.0319. The van der Waals surface area contributed by atoms with Crippen LogP contribution in [0, 0.1) is 5.82 Å². The summed E-state index contributed by atoms with van der Waals surface area (Å²) in [5, 5.41) is 3.19. The Hall–Kier alpha value is -2.74. The van der Waals surface area contributed by atoms with Crippen LogP contribution in [-0.2, 0) is 21.4 Å². The molecule has 0 spiro atoms. The molecule has 1 atom stereocenters. The van der Waals surface area contributed by atoms with Crippen LogP contribution in [0.15, 0.2) is 83.8 Å². The van der Waals surface area contributed by atoms with Gasteiger partial charge < -0.3 is 5.32 Å². The third-order valence-corrected chi connectivity index (χ3v) is 6.78. The van der Waals surface area contributed by atoms with E-state index in [2.05, 4.69) is 5.32 Å². The zero-order valence-corrected chi connectivity index (χ0v) is 18.4. The normalized spacial score (nSPS) is 12.5. The van der Waals surface area contributed by atoms with Crippen LogP contribution in [0.4, 0.5) is 4.39 Å². The van der Waals surface area contributed by atoms with Crippen LogP contribution < -0.4 is 5.32 Å². The number of amides is 1. The van der Waals surface area contributed by atoms with E-state index in [0.717, 1.165) is 9.87 Å². The minimum atomic E-state index is -3.95. The van der Waals surface area contributed by atoms with E-state index in [0.29, 0.717) is 10.6 Å². The molecule has 0 unspecified atom stereocenters. The molecular weight excluding hydrogens is 439 g/mol. The number of sulfonamides is 1. The minimum Gasteiger partial charge on any atom is -0.348 e. The van der Waals surface area contributed by atoms with E-state index < -0.39 is 22.0 Å². The summed E-state index contributed by atoms with van der Waals surface area (Å²) in [4.78, 5) is 12.8. The van der Waals surface area contributed by atoms with Crippen molar-refractivity contribution in [2.75, 3.05) is 6.54 Å². The van der Waals surface area contributed by atoms with Crippen LogP contribution in [-0.4, -0.2) is 25.2 Å². The fourth-order valence-corrected chi connectivity index (χ4v) is 4.56. The Morgan fingerprint density at radius 1 is 1.00 bits per heavy atom. The molecule has 31 heavy (non-hydrogen) atoms. The highest BCUT2D eigenvalue weighted by Crippen LogP contribution is 2.21. The van der Waals surface area contributed by atoms with E-state index in [9.17, 15) is 17.6 Å². The summed E-state index contributed by atoms with van der Waals surface area (Å²) in [7, 11) is -3.95. The van der Waals surface area contributed by atoms with Gasteiger partial charge in [0.15, 0.2) is 0 Å². The summed E-state index contributed by atoms with van der Waals surface area (Å²) in [5.74, 6) is -0.837. The quantitative estimate of drug-likeness (QED) is 0.536. The molecule has 0 bridgehead atoms. The van der Waals surface area contributed by atoms with Crippen molar-refractivity contribution in [2.45, 2.75) is 24.4 Å². The van der Waals surface area contributed by atoms with Gasteiger partial charge in [-0.25, -0.2) is 12.8 Å². The van der Waals surface area contributed by atoms with Gasteiger partial charge in [0.25, 0.3) is 0 Å². The molecule has 0 aliphatic heterocycles. The molecule has 0 aromatic heterocycles. The van der Waals surface area contributed by atoms with Gasteiger partial charge in [0, 0.05) is 11.6 Å². The molecule has 8 heteroatoms. The Bertz CT molecular complexity index is 1120. The van der Waals surface area contributed by atoms with Crippen LogP contribution in [0.25, 0.3) is 0 Å². The van der Waals surface area contributed by atoms with Crippen molar-refractivity contribution < 1.29 is 17.6 Å². The molecule has 0 fully saturated rings. The van der Waals surface area contributed by atoms with Gasteiger partial charge in [0.05, 0.1) is 17.5 Å². The summed E-state index contributed by atoms with van der Waals surface area (Å²) in [5.41, 5.74) is 1.46. The van der Waals surface area contributed by atoms with Crippen molar-refractivity contribution >= 4 is 27.5 Å². The number of halogens is 2. The molecule has 3 rings (SSSR count). The van der Waals surface area contributed by atoms with Gasteiger partial charge in [-0.3, -0.25) is 4.79 Å². The van der Waals surface area contributed by atoms with E-state index in [1.807, 2.05) is 6.07 Å². The number of hydrogen-bond donors (Lipinski definition) is 1. The van der Waals surface area contributed by atoms with Crippen LogP contribution in [0.1, 0.15) is 24.1 Å². The van der Waals surface area contributed by atoms with Crippen LogP contribution >= 0.6 is 11.6 Å². The molecule has 0 heterocycles. The fraction of sp³-hybridized carbons (Fsp3) is 0.174. The monoisotopic (exact) mass is 460 g/mol. The van der Waals surface area contributed by atoms with Gasteiger partial charge in [-0.15, -0.1) is 0 Å². The largest absolute Gasteiger partial charge is 0.348 e. The van der Waals surface area contributed by atoms with Gasteiger partial charge >= 0.3 is 0 Å². The third-order valence-electron chi connectivity index (χ3n) is 4.72. The van der Waals surface area contributed by atoms with Gasteiger partial charge in [0.2, 0.25) is 15.9 Å². The Labute approximate surface area is 186 Å². The zero-order chi connectivity index (χ0) is 22.4. The highest BCUT2D eigenvalue weighted by Gasteiger charge is 2.27. The summed E-state index contributed by atoms with van der Waals surface area (Å²) in [6.45, 7) is 1.41. The van der Waals surface area contributed by atoms with Crippen molar-refractivity contribution in [1.82, 2.24) is 9.62 Å². The molecule has 162 valence electrons. The lowest BCUT2D eigenvalue weighted by molar-refractivity contribution is -0.122. The first-order valence-corrected chi connectivity index (χ1v) is 11.4. The van der Waals surface area contributed by atoms with Crippen LogP contribution in [0.5, 0.6) is 0 Å². The average molecular weight is 461 g/mol. The van der Waals surface area contributed by atoms with Crippen LogP contribution in [0.2, 0.25) is 5.02 Å². The molecule has 1 N–H and O–H groups in total. The first kappa shape index (κ1) is 22.9. The summed E-state index contributed by atoms with van der Waals surface area (Å²) in [6, 6.07) is 20.2. The molecule has 0 saturated heterocycles. The van der Waals surface area contributed by atoms with Gasteiger partial charge in [-0.05, 0) is 54.4 Å². The standard InChI is InChI=1S/C23H22ClFN2O3S/c1-17(19-7-11-21(25)12-8-19)26-23(28)16-27(15-18-5-3-2-4-6-18)31(29,30)22-13-9-20(24)10-14-22/h2-14,17H,15-16H2,1H3,(H,26,28)/t17-/m1/s1. The zero-order valence-electron chi connectivity index (χ0n) is 16.8. The topological polar surface area (TPSA) is 66.5 Å². The third kappa shape index (κ3) is 6.13. The van der Waals surface area contributed by atoms with Gasteiger partial charge in [-0.1, -0.05) is 54.1 Å². The lowest BCUT2D eigenvalue weighted by atomic mass is 10.1. The second-order valence-corrected chi connectivity index (χ2v) is 9.43. The van der Waals surface area contributed by atoms with Crippen LogP contribution in [0.3, 0.4) is 0 Å². The molecule has 0 aliphatic carbocycles. The molecular formula is C23H22ClFN2O3S. The van der Waals surface area contributed by atoms with E-state index in [-0.39, 0.29) is 23.8 Å². The number of carbonyl (C=O) groups excluding carboxylic acids is 1. The lowest BCUT2D eigenvalue weighted by Gasteiger charge is -2.23. The summed E-state index contributed by atoms with van der Waals surface area (Å²) >= 11 is 5.88. The van der Waals surface area contributed by atoms with Gasteiger partial charge in [0.1, 0.15) is 5.82 Å². The average Bonchev–Trinajstić information content (AvgIpc) is 2.74. The highest BCUT2D eigenvalue weighted by atomic mass is 35.5. The Morgan fingerprint density at radius 3 is 2.23 bits per heavy atom. The molecule has 0 radical (unpaired) electrons. The molecule has 3 aromatic carbocycles. The van der Waals surface area contributed by atoms with Gasteiger partial charge in [-0.2, -0.15) is 4.31 Å². The van der Waals surface area contributed by atoms with Crippen molar-refractivity contribution in [3.05, 3.63) is 101 Å². The Balaban J connectivity index is 1.81. The second-order valence-electron chi connectivity index (χ2n) is 7.05. The lowest BCUT2D eigenvalue weighted by Crippen LogP contribution is -2.41. The predicted molar refractivity (Wildman–Crippen MR) is 118 cm³/mol. The number of benzene rings is 3. The van der Waals surface area contributed by atoms with E-state index >= 15 is 0 Å². The molecule has 0 saturated carbocycles. The molecule has 3 aromatic rings. The number of rotatable bonds is 8. The van der Waals surface area contributed by atoms with Crippen molar-refractivity contribution in [1.29, 1.82) is 0 Å². The maximum Gasteiger partial charge on any atom is 0.243 e. The summed E-state index contributed by atoms with van der Waals surface area (Å²) in [6.07, 6.45) is 0. The van der Waals surface area contributed by atoms with Crippen molar-refractivity contribution in [3.63, 3.8) is 0 Å². The smallest absolute Gasteiger partial charge is 0.243 e. The maximum atomic E-state index is 13.2. The number of nitrogens with one attached hydrogen (secondary N) is 1. The van der Waals surface area contributed by atoms with Crippen molar-refractivity contribution in [3.8, 4) is 0 Å². The van der Waals surface area contributed by atoms with E-state index in [1.54, 1.807) is 43.3 Å². The molecule has 5 nitrogen and oxygen atoms in total. The summed E-state index contributed by atoms with van der Waals surface area (Å²) < 4.78 is 40.7. The predicted octanol–water partition coefficient (Wildman–Crippen LogP) is 4.55. The van der Waals surface area contributed by atoms with Crippen molar-refractivity contribution in [2.24, 2.45) is 0 Å². The maximum absolute atomic E-state index is 13.2. The number of carbonyl (C=O) groups is 1. The van der Waals surface area contributed by atoms with E-state index in [4.69, 9.17) is 11.6 Å². The number of hydrogen-bond acceptors (Lipinski definition) is 3. The fourth-order valence-electron chi connectivity index (χ4n) is 3.05. The Kier molecular flexibility index (Phi) is 7.43.